The number of nitrogens with zero attached hydrogens (tertiary/aromatic N) is 3. The fourth-order valence-electron chi connectivity index (χ4n) is 3.71. The van der Waals surface area contributed by atoms with E-state index in [9.17, 15) is 28.1 Å². The van der Waals surface area contributed by atoms with Crippen LogP contribution in [0.5, 0.6) is 5.75 Å². The van der Waals surface area contributed by atoms with E-state index in [0.717, 1.165) is 12.1 Å². The minimum Gasteiger partial charge on any atom is -0.496 e. The molecule has 4 rings (SSSR count). The lowest BCUT2D eigenvalue weighted by molar-refractivity contribution is -0.384. The van der Waals surface area contributed by atoms with E-state index in [-0.39, 0.29) is 34.4 Å². The Morgan fingerprint density at radius 1 is 1.29 bits per heavy atom. The average molecular weight is 496 g/mol. The van der Waals surface area contributed by atoms with E-state index >= 15 is 0 Å². The van der Waals surface area contributed by atoms with Gasteiger partial charge >= 0.3 is 6.18 Å². The van der Waals surface area contributed by atoms with Crippen LogP contribution in [0.3, 0.4) is 0 Å². The predicted molar refractivity (Wildman–Crippen MR) is 117 cm³/mol. The molecule has 1 aromatic heterocycles. The molecule has 0 unspecified atom stereocenters. The number of fused-ring (bicyclic) bond motifs is 1. The first-order chi connectivity index (χ1) is 16.1. The van der Waals surface area contributed by atoms with Gasteiger partial charge in [-0.25, -0.2) is 4.68 Å². The average Bonchev–Trinajstić information content (AvgIpc) is 3.14. The van der Waals surface area contributed by atoms with Crippen molar-refractivity contribution in [2.45, 2.75) is 24.7 Å². The minimum absolute atomic E-state index is 0.0134. The van der Waals surface area contributed by atoms with Crippen molar-refractivity contribution >= 4 is 34.7 Å². The molecule has 0 bridgehead atoms. The minimum atomic E-state index is -4.65. The number of hydrogen-bond donors (Lipinski definition) is 2. The molecule has 0 aliphatic carbocycles. The number of nitrogens with one attached hydrogen (secondary N) is 2. The molecule has 2 aromatic carbocycles. The third-order valence-electron chi connectivity index (χ3n) is 5.31. The number of alkyl halides is 3. The molecule has 9 nitrogen and oxygen atoms in total. The van der Waals surface area contributed by atoms with Gasteiger partial charge in [-0.05, 0) is 5.56 Å². The van der Waals surface area contributed by atoms with Crippen LogP contribution in [0, 0.1) is 10.1 Å². The zero-order valence-corrected chi connectivity index (χ0v) is 18.2. The first-order valence-corrected chi connectivity index (χ1v) is 10.3. The molecule has 0 saturated carbocycles. The third kappa shape index (κ3) is 4.49. The standard InChI is InChI=1S/C21H17ClF3N5O4/c1-34-14-8-12(7-13(9-14)30(32)33)26-20(31)18-17(22)19-27-15(11-5-3-2-4-6-11)10-16(21(23,24)25)29(19)28-18/h2-9,15-16,27H,10H2,1H3,(H,26,31)/t15-,16+/m0/s1. The number of nitro benzene ring substituents is 1. The van der Waals surface area contributed by atoms with Gasteiger partial charge in [0.2, 0.25) is 0 Å². The number of nitro groups is 1. The smallest absolute Gasteiger partial charge is 0.410 e. The molecule has 0 fully saturated rings. The fourth-order valence-corrected chi connectivity index (χ4v) is 3.97. The van der Waals surface area contributed by atoms with Crippen molar-refractivity contribution in [2.75, 3.05) is 17.7 Å². The summed E-state index contributed by atoms with van der Waals surface area (Å²) in [4.78, 5) is 23.3. The summed E-state index contributed by atoms with van der Waals surface area (Å²) < 4.78 is 47.3. The third-order valence-corrected chi connectivity index (χ3v) is 5.67. The SMILES string of the molecule is COc1cc(NC(=O)c2nn3c(c2Cl)N[C@H](c2ccccc2)C[C@@H]3C(F)(F)F)cc([N+](=O)[O-])c1. The number of halogens is 4. The molecule has 13 heteroatoms. The van der Waals surface area contributed by atoms with Crippen LogP contribution in [0.15, 0.2) is 48.5 Å². The van der Waals surface area contributed by atoms with Crippen molar-refractivity contribution in [1.29, 1.82) is 0 Å². The molecule has 0 saturated heterocycles. The number of carbonyl (C=O) groups excluding carboxylic acids is 1. The molecule has 2 atom stereocenters. The fraction of sp³-hybridized carbons (Fsp3) is 0.238. The molecule has 2 heterocycles. The number of ether oxygens (including phenoxy) is 1. The summed E-state index contributed by atoms with van der Waals surface area (Å²) >= 11 is 6.30. The van der Waals surface area contributed by atoms with Crippen LogP contribution in [0.25, 0.3) is 0 Å². The number of aromatic nitrogens is 2. The van der Waals surface area contributed by atoms with Gasteiger partial charge < -0.3 is 15.4 Å². The highest BCUT2D eigenvalue weighted by Gasteiger charge is 2.47. The molecule has 1 amide bonds. The summed E-state index contributed by atoms with van der Waals surface area (Å²) in [5.41, 5.74) is -0.206. The van der Waals surface area contributed by atoms with E-state index < -0.39 is 34.8 Å². The Morgan fingerprint density at radius 2 is 2.00 bits per heavy atom. The molecule has 0 spiro atoms. The van der Waals surface area contributed by atoms with Gasteiger partial charge in [-0.2, -0.15) is 18.3 Å². The maximum absolute atomic E-state index is 13.9. The lowest BCUT2D eigenvalue weighted by Gasteiger charge is -2.33. The van der Waals surface area contributed by atoms with Crippen LogP contribution in [-0.4, -0.2) is 33.9 Å². The zero-order chi connectivity index (χ0) is 24.6. The van der Waals surface area contributed by atoms with E-state index in [0.29, 0.717) is 10.2 Å². The van der Waals surface area contributed by atoms with Crippen LogP contribution in [-0.2, 0) is 0 Å². The summed E-state index contributed by atoms with van der Waals surface area (Å²) in [5.74, 6) is -0.983. The Balaban J connectivity index is 1.70. The number of rotatable bonds is 5. The molecule has 1 aliphatic rings. The second-order valence-electron chi connectivity index (χ2n) is 7.49. The molecule has 3 aromatic rings. The number of non-ortho nitro benzene ring substituents is 1. The normalized spacial score (nSPS) is 17.4. The van der Waals surface area contributed by atoms with Crippen LogP contribution < -0.4 is 15.4 Å². The van der Waals surface area contributed by atoms with Gasteiger partial charge in [0.05, 0.1) is 29.8 Å². The quantitative estimate of drug-likeness (QED) is 0.364. The van der Waals surface area contributed by atoms with Crippen molar-refractivity contribution in [1.82, 2.24) is 9.78 Å². The molecular formula is C21H17ClF3N5O4. The van der Waals surface area contributed by atoms with E-state index in [1.807, 2.05) is 0 Å². The number of methoxy groups -OCH3 is 1. The highest BCUT2D eigenvalue weighted by Crippen LogP contribution is 2.46. The van der Waals surface area contributed by atoms with E-state index in [1.54, 1.807) is 30.3 Å². The zero-order valence-electron chi connectivity index (χ0n) is 17.5. The van der Waals surface area contributed by atoms with Gasteiger partial charge in [-0.1, -0.05) is 41.9 Å². The molecule has 34 heavy (non-hydrogen) atoms. The van der Waals surface area contributed by atoms with Crippen LogP contribution in [0.4, 0.5) is 30.4 Å². The Kier molecular flexibility index (Phi) is 6.09. The lowest BCUT2D eigenvalue weighted by atomic mass is 9.97. The van der Waals surface area contributed by atoms with E-state index in [4.69, 9.17) is 16.3 Å². The monoisotopic (exact) mass is 495 g/mol. The Bertz CT molecular complexity index is 1250. The largest absolute Gasteiger partial charge is 0.496 e. The molecule has 178 valence electrons. The molecule has 2 N–H and O–H groups in total. The number of carbonyl (C=O) groups is 1. The Labute approximate surface area is 195 Å². The molecular weight excluding hydrogens is 479 g/mol. The van der Waals surface area contributed by atoms with Crippen molar-refractivity contribution in [2.24, 2.45) is 0 Å². The van der Waals surface area contributed by atoms with Crippen LogP contribution in [0.2, 0.25) is 5.02 Å². The number of benzene rings is 2. The summed E-state index contributed by atoms with van der Waals surface area (Å²) in [6, 6.07) is 9.35. The van der Waals surface area contributed by atoms with Gasteiger partial charge in [-0.15, -0.1) is 0 Å². The number of hydrogen-bond acceptors (Lipinski definition) is 6. The summed E-state index contributed by atoms with van der Waals surface area (Å²) in [7, 11) is 1.29. The topological polar surface area (TPSA) is 111 Å². The van der Waals surface area contributed by atoms with Crippen molar-refractivity contribution in [3.63, 3.8) is 0 Å². The maximum Gasteiger partial charge on any atom is 0.410 e. The maximum atomic E-state index is 13.9. The summed E-state index contributed by atoms with van der Waals surface area (Å²) in [5, 5.41) is 20.0. The summed E-state index contributed by atoms with van der Waals surface area (Å²) in [6.07, 6.45) is -5.01. The van der Waals surface area contributed by atoms with Gasteiger partial charge in [0, 0.05) is 18.6 Å². The Morgan fingerprint density at radius 3 is 2.62 bits per heavy atom. The first-order valence-electron chi connectivity index (χ1n) is 9.89. The number of amides is 1. The van der Waals surface area contributed by atoms with Gasteiger partial charge in [0.15, 0.2) is 11.7 Å². The second kappa shape index (κ2) is 8.86. The molecule has 0 radical (unpaired) electrons. The number of anilines is 2. The van der Waals surface area contributed by atoms with Crippen molar-refractivity contribution < 1.29 is 27.6 Å². The van der Waals surface area contributed by atoms with E-state index in [1.165, 1.54) is 13.2 Å². The van der Waals surface area contributed by atoms with Gasteiger partial charge in [-0.3, -0.25) is 14.9 Å². The van der Waals surface area contributed by atoms with Crippen molar-refractivity contribution in [3.05, 3.63) is 74.9 Å². The first kappa shape index (κ1) is 23.4. The van der Waals surface area contributed by atoms with Crippen molar-refractivity contribution in [3.8, 4) is 5.75 Å². The molecule has 1 aliphatic heterocycles. The predicted octanol–water partition coefficient (Wildman–Crippen LogP) is 5.37. The van der Waals surface area contributed by atoms with Crippen LogP contribution in [0.1, 0.15) is 34.6 Å². The summed E-state index contributed by atoms with van der Waals surface area (Å²) in [6.45, 7) is 0. The highest BCUT2D eigenvalue weighted by molar-refractivity contribution is 6.36. The van der Waals surface area contributed by atoms with Gasteiger partial charge in [0.25, 0.3) is 11.6 Å². The van der Waals surface area contributed by atoms with E-state index in [2.05, 4.69) is 15.7 Å². The second-order valence-corrected chi connectivity index (χ2v) is 7.87. The lowest BCUT2D eigenvalue weighted by Crippen LogP contribution is -2.35. The Hall–Kier alpha value is -3.80. The highest BCUT2D eigenvalue weighted by atomic mass is 35.5. The van der Waals surface area contributed by atoms with Gasteiger partial charge in [0.1, 0.15) is 16.6 Å². The van der Waals surface area contributed by atoms with Crippen LogP contribution >= 0.6 is 11.6 Å².